The lowest BCUT2D eigenvalue weighted by Crippen LogP contribution is -2.70. The van der Waals surface area contributed by atoms with Crippen molar-refractivity contribution >= 4 is 29.7 Å². The van der Waals surface area contributed by atoms with Gasteiger partial charge in [0.05, 0.1) is 16.9 Å². The fraction of sp³-hybridized carbons (Fsp3) is 0.744. The third-order valence-electron chi connectivity index (χ3n) is 15.8. The average molecular weight is 709 g/mol. The van der Waals surface area contributed by atoms with Crippen LogP contribution in [0.4, 0.5) is 4.79 Å². The molecule has 3 amide bonds. The van der Waals surface area contributed by atoms with Gasteiger partial charge in [0.2, 0.25) is 0 Å². The lowest BCUT2D eigenvalue weighted by atomic mass is 9.33. The minimum atomic E-state index is -1.40. The number of allylic oxidation sites excluding steroid dienone is 2. The van der Waals surface area contributed by atoms with Crippen LogP contribution in [0, 0.1) is 57.2 Å². The number of carbonyl (C=O) groups excluding carboxylic acids is 4. The number of carboxylic acid groups (broad SMARTS) is 1. The monoisotopic (exact) mass is 708 g/mol. The number of nitrogens with zero attached hydrogens (tertiary/aromatic N) is 1. The van der Waals surface area contributed by atoms with Gasteiger partial charge in [-0.1, -0.05) is 33.3 Å². The summed E-state index contributed by atoms with van der Waals surface area (Å²) in [5.41, 5.74) is -2.80. The quantitative estimate of drug-likeness (QED) is 0.275. The minimum absolute atomic E-state index is 0.0117. The van der Waals surface area contributed by atoms with Crippen molar-refractivity contribution in [2.24, 2.45) is 50.2 Å². The summed E-state index contributed by atoms with van der Waals surface area (Å²) in [7, 11) is 0. The molecule has 5 fully saturated rings. The minimum Gasteiger partial charge on any atom is -0.481 e. The summed E-state index contributed by atoms with van der Waals surface area (Å²) in [5.74, 6) is -3.39. The van der Waals surface area contributed by atoms with Crippen molar-refractivity contribution in [1.82, 2.24) is 10.2 Å². The highest BCUT2D eigenvalue weighted by Crippen LogP contribution is 2.75. The maximum Gasteiger partial charge on any atom is 0.519 e. The standard InChI is InChI=1S/C39H52N2O10/c1-20-29(43)41(32(47)40-20)27-10-11-36(5)26(39(27,8)31(46)49-19-25-21(2)50-33(48)51-25)9-12-38(7)28(36)24(42)17-22-23-18-35(4,30(44)45)14-13-34(23,3)15-16-37(22,38)6/h17,20,23,26-28H,9-16,18-19H2,1-8H3,(H,40,47)(H,44,45)/t20?,23-,26+,27-,28+,34+,35-,36-,37+,38+,39-/m0/s1. The van der Waals surface area contributed by atoms with Gasteiger partial charge in [0, 0.05) is 5.92 Å². The maximum absolute atomic E-state index is 14.9. The first-order valence-electron chi connectivity index (χ1n) is 18.6. The van der Waals surface area contributed by atoms with Crippen molar-refractivity contribution in [3.8, 4) is 0 Å². The van der Waals surface area contributed by atoms with Crippen molar-refractivity contribution < 1.29 is 42.7 Å². The Balaban J connectivity index is 1.30. The second kappa shape index (κ2) is 11.2. The molecule has 6 aliphatic rings. The van der Waals surface area contributed by atoms with E-state index < -0.39 is 75.3 Å². The van der Waals surface area contributed by atoms with Crippen LogP contribution in [-0.2, 0) is 30.5 Å². The molecule has 1 unspecified atom stereocenters. The predicted molar refractivity (Wildman–Crippen MR) is 182 cm³/mol. The van der Waals surface area contributed by atoms with E-state index in [2.05, 4.69) is 33.0 Å². The molecule has 0 radical (unpaired) electrons. The Kier molecular flexibility index (Phi) is 7.80. The number of esters is 1. The van der Waals surface area contributed by atoms with Crippen LogP contribution in [-0.4, -0.2) is 51.8 Å². The molecule has 1 aromatic heterocycles. The Labute approximate surface area is 298 Å². The van der Waals surface area contributed by atoms with Gasteiger partial charge in [-0.05, 0) is 125 Å². The Morgan fingerprint density at radius 1 is 0.961 bits per heavy atom. The number of ether oxygens (including phenoxy) is 1. The molecular formula is C39H52N2O10. The van der Waals surface area contributed by atoms with E-state index in [0.717, 1.165) is 24.8 Å². The Morgan fingerprint density at radius 3 is 2.25 bits per heavy atom. The Morgan fingerprint density at radius 2 is 1.65 bits per heavy atom. The summed E-state index contributed by atoms with van der Waals surface area (Å²) in [6, 6.07) is -2.13. The number of aryl methyl sites for hydroxylation is 1. The molecule has 1 aliphatic heterocycles. The number of hydrogen-bond donors (Lipinski definition) is 2. The van der Waals surface area contributed by atoms with E-state index in [1.165, 1.54) is 11.8 Å². The van der Waals surface area contributed by atoms with Gasteiger partial charge in [0.25, 0.3) is 5.91 Å². The number of amides is 3. The number of imide groups is 1. The maximum atomic E-state index is 14.9. The average Bonchev–Trinajstić information content (AvgIpc) is 3.51. The van der Waals surface area contributed by atoms with Crippen LogP contribution >= 0.6 is 0 Å². The Bertz CT molecular complexity index is 1830. The van der Waals surface area contributed by atoms with Crippen LogP contribution in [0.2, 0.25) is 0 Å². The van der Waals surface area contributed by atoms with E-state index in [1.807, 2.05) is 13.0 Å². The van der Waals surface area contributed by atoms with Gasteiger partial charge in [0.15, 0.2) is 23.9 Å². The van der Waals surface area contributed by atoms with Crippen LogP contribution in [0.25, 0.3) is 0 Å². The Hall–Kier alpha value is -3.70. The molecule has 12 heteroatoms. The van der Waals surface area contributed by atoms with Crippen molar-refractivity contribution in [3.63, 3.8) is 0 Å². The molecule has 5 aliphatic carbocycles. The molecule has 0 spiro atoms. The van der Waals surface area contributed by atoms with E-state index >= 15 is 0 Å². The summed E-state index contributed by atoms with van der Waals surface area (Å²) in [6.45, 7) is 15.3. The molecule has 7 rings (SSSR count). The number of hydrogen-bond acceptors (Lipinski definition) is 9. The number of ketones is 1. The fourth-order valence-electron chi connectivity index (χ4n) is 12.4. The van der Waals surface area contributed by atoms with Crippen molar-refractivity contribution in [1.29, 1.82) is 0 Å². The van der Waals surface area contributed by atoms with Gasteiger partial charge in [-0.25, -0.2) is 9.59 Å². The first-order valence-corrected chi connectivity index (χ1v) is 18.6. The normalized spacial score (nSPS) is 44.8. The number of rotatable bonds is 5. The van der Waals surface area contributed by atoms with E-state index in [1.54, 1.807) is 13.8 Å². The zero-order valence-corrected chi connectivity index (χ0v) is 31.1. The van der Waals surface area contributed by atoms with Crippen LogP contribution in [0.5, 0.6) is 0 Å². The molecule has 1 aromatic rings. The highest BCUT2D eigenvalue weighted by molar-refractivity contribution is 6.05. The summed E-state index contributed by atoms with van der Waals surface area (Å²) in [4.78, 5) is 81.7. The summed E-state index contributed by atoms with van der Waals surface area (Å²) in [6.07, 6.45) is 7.59. The molecule has 4 saturated carbocycles. The second-order valence-electron chi connectivity index (χ2n) is 18.3. The van der Waals surface area contributed by atoms with Crippen molar-refractivity contribution in [2.45, 2.75) is 132 Å². The smallest absolute Gasteiger partial charge is 0.481 e. The van der Waals surface area contributed by atoms with Crippen LogP contribution < -0.4 is 11.1 Å². The molecule has 0 bridgehead atoms. The highest BCUT2D eigenvalue weighted by atomic mass is 16.6. The third-order valence-corrected chi connectivity index (χ3v) is 15.8. The van der Waals surface area contributed by atoms with E-state index in [0.29, 0.717) is 38.5 Å². The molecule has 278 valence electrons. The lowest BCUT2D eigenvalue weighted by Gasteiger charge is -2.70. The molecule has 2 heterocycles. The van der Waals surface area contributed by atoms with Gasteiger partial charge >= 0.3 is 23.8 Å². The van der Waals surface area contributed by atoms with Gasteiger partial charge in [-0.2, -0.15) is 0 Å². The number of nitrogens with one attached hydrogen (secondary N) is 1. The van der Waals surface area contributed by atoms with Crippen LogP contribution in [0.15, 0.2) is 25.3 Å². The number of aliphatic carboxylic acids is 1. The summed E-state index contributed by atoms with van der Waals surface area (Å²) >= 11 is 0. The zero-order valence-electron chi connectivity index (χ0n) is 31.1. The SMILES string of the molecule is Cc1oc(=O)oc1COC(=O)[C@]1(C)[C@@H](N2C(=O)NC(C)C2=O)CC[C@@]2(C)[C@H]1CC[C@]1(C)[C@@H]2C(=O)C=C2[C@@H]3C[C@@](C)(C(=O)O)CC[C@]3(C)CC[C@]21C. The summed E-state index contributed by atoms with van der Waals surface area (Å²) < 4.78 is 16.0. The molecule has 12 nitrogen and oxygen atoms in total. The van der Waals surface area contributed by atoms with Gasteiger partial charge in [-0.15, -0.1) is 0 Å². The molecule has 51 heavy (non-hydrogen) atoms. The first kappa shape index (κ1) is 35.7. The lowest BCUT2D eigenvalue weighted by molar-refractivity contribution is -0.210. The van der Waals surface area contributed by atoms with Gasteiger partial charge in [0.1, 0.15) is 6.04 Å². The topological polar surface area (TPSA) is 173 Å². The number of urea groups is 1. The van der Waals surface area contributed by atoms with Gasteiger partial charge < -0.3 is 24.0 Å². The van der Waals surface area contributed by atoms with Crippen molar-refractivity contribution in [2.75, 3.05) is 0 Å². The van der Waals surface area contributed by atoms with Crippen LogP contribution in [0.3, 0.4) is 0 Å². The summed E-state index contributed by atoms with van der Waals surface area (Å²) in [5, 5.41) is 12.9. The van der Waals surface area contributed by atoms with Gasteiger partial charge in [-0.3, -0.25) is 24.1 Å². The fourth-order valence-corrected chi connectivity index (χ4v) is 12.4. The first-order chi connectivity index (χ1) is 23.7. The number of carbonyl (C=O) groups is 5. The van der Waals surface area contributed by atoms with E-state index in [4.69, 9.17) is 13.6 Å². The molecule has 1 saturated heterocycles. The zero-order chi connectivity index (χ0) is 37.3. The predicted octanol–water partition coefficient (Wildman–Crippen LogP) is 5.94. The molecule has 0 aromatic carbocycles. The number of fused-ring (bicyclic) bond motifs is 7. The highest BCUT2D eigenvalue weighted by Gasteiger charge is 2.73. The van der Waals surface area contributed by atoms with E-state index in [9.17, 15) is 33.9 Å². The van der Waals surface area contributed by atoms with E-state index in [-0.39, 0.29) is 40.7 Å². The second-order valence-corrected chi connectivity index (χ2v) is 18.3. The van der Waals surface area contributed by atoms with Crippen molar-refractivity contribution in [3.05, 3.63) is 33.8 Å². The number of carboxylic acids is 1. The molecular weight excluding hydrogens is 656 g/mol. The third kappa shape index (κ3) is 4.68. The largest absolute Gasteiger partial charge is 0.519 e. The molecule has 11 atom stereocenters. The van der Waals surface area contributed by atoms with Crippen LogP contribution in [0.1, 0.15) is 118 Å². The molecule has 2 N–H and O–H groups in total.